The highest BCUT2D eigenvalue weighted by Gasteiger charge is 2.16. The van der Waals surface area contributed by atoms with Gasteiger partial charge in [-0.3, -0.25) is 9.59 Å². The van der Waals surface area contributed by atoms with Crippen molar-refractivity contribution in [1.82, 2.24) is 10.6 Å². The molecule has 0 radical (unpaired) electrons. The average molecular weight is 320 g/mol. The molecule has 1 saturated heterocycles. The minimum atomic E-state index is -0.0204. The maximum Gasteiger partial charge on any atom is 0.220 e. The van der Waals surface area contributed by atoms with Crippen LogP contribution in [-0.2, 0) is 4.79 Å². The minimum absolute atomic E-state index is 0.0204. The summed E-state index contributed by atoms with van der Waals surface area (Å²) in [6, 6.07) is 5.35. The molecular formula is C17H24N2O4. The zero-order chi connectivity index (χ0) is 16.7. The highest BCUT2D eigenvalue weighted by molar-refractivity contribution is 5.94. The summed E-state index contributed by atoms with van der Waals surface area (Å²) in [5, 5.41) is 6.22. The van der Waals surface area contributed by atoms with Gasteiger partial charge in [0.15, 0.2) is 17.3 Å². The van der Waals surface area contributed by atoms with E-state index in [2.05, 4.69) is 10.6 Å². The molecular weight excluding hydrogens is 296 g/mol. The van der Waals surface area contributed by atoms with Gasteiger partial charge in [0.1, 0.15) is 0 Å². The number of Topliss-reactive ketones (excluding diaryl/α,β-unsaturated/α-hetero) is 1. The van der Waals surface area contributed by atoms with Gasteiger partial charge in [-0.25, -0.2) is 0 Å². The lowest BCUT2D eigenvalue weighted by atomic mass is 10.1. The largest absolute Gasteiger partial charge is 0.493 e. The molecule has 1 unspecified atom stereocenters. The van der Waals surface area contributed by atoms with Crippen LogP contribution in [0, 0.1) is 0 Å². The molecule has 23 heavy (non-hydrogen) atoms. The van der Waals surface area contributed by atoms with Crippen LogP contribution in [0.2, 0.25) is 0 Å². The van der Waals surface area contributed by atoms with E-state index in [0.29, 0.717) is 36.5 Å². The Bertz CT molecular complexity index is 554. The third-order valence-corrected chi connectivity index (χ3v) is 3.80. The third-order valence-electron chi connectivity index (χ3n) is 3.80. The van der Waals surface area contributed by atoms with Crippen LogP contribution >= 0.6 is 0 Å². The van der Waals surface area contributed by atoms with Crippen LogP contribution in [0.15, 0.2) is 18.2 Å². The average Bonchev–Trinajstić information content (AvgIpc) is 3.04. The molecule has 6 nitrogen and oxygen atoms in total. The van der Waals surface area contributed by atoms with E-state index >= 15 is 0 Å². The smallest absolute Gasteiger partial charge is 0.220 e. The Morgan fingerprint density at radius 1 is 1.35 bits per heavy atom. The summed E-state index contributed by atoms with van der Waals surface area (Å²) in [6.07, 6.45) is 2.05. The Balaban J connectivity index is 1.75. The molecule has 0 saturated carbocycles. The van der Waals surface area contributed by atoms with Gasteiger partial charge in [0, 0.05) is 24.6 Å². The first-order chi connectivity index (χ1) is 11.1. The Morgan fingerprint density at radius 3 is 2.83 bits per heavy atom. The Hall–Kier alpha value is -2.08. The monoisotopic (exact) mass is 320 g/mol. The van der Waals surface area contributed by atoms with Crippen molar-refractivity contribution in [3.05, 3.63) is 23.8 Å². The van der Waals surface area contributed by atoms with Gasteiger partial charge in [0.05, 0.1) is 13.7 Å². The molecule has 1 aromatic carbocycles. The fourth-order valence-corrected chi connectivity index (χ4v) is 2.50. The molecule has 6 heteroatoms. The number of carbonyl (C=O) groups is 2. The van der Waals surface area contributed by atoms with E-state index < -0.39 is 0 Å². The van der Waals surface area contributed by atoms with Crippen molar-refractivity contribution in [2.24, 2.45) is 0 Å². The van der Waals surface area contributed by atoms with Crippen LogP contribution < -0.4 is 20.1 Å². The predicted molar refractivity (Wildman–Crippen MR) is 87.1 cm³/mol. The first-order valence-electron chi connectivity index (χ1n) is 7.92. The number of amides is 1. The van der Waals surface area contributed by atoms with Crippen molar-refractivity contribution in [2.45, 2.75) is 32.2 Å². The standard InChI is InChI=1S/C17H24N2O4/c1-12(20)13-5-6-15(16(10-13)22-2)23-9-3-4-17(21)19-14-7-8-18-11-14/h5-6,10,14,18H,3-4,7-9,11H2,1-2H3,(H,19,21). The van der Waals surface area contributed by atoms with Crippen molar-refractivity contribution in [3.8, 4) is 11.5 Å². The van der Waals surface area contributed by atoms with E-state index in [9.17, 15) is 9.59 Å². The first-order valence-corrected chi connectivity index (χ1v) is 7.92. The lowest BCUT2D eigenvalue weighted by molar-refractivity contribution is -0.121. The Morgan fingerprint density at radius 2 is 2.17 bits per heavy atom. The third kappa shape index (κ3) is 5.25. The number of methoxy groups -OCH3 is 1. The quantitative estimate of drug-likeness (QED) is 0.561. The molecule has 2 N–H and O–H groups in total. The summed E-state index contributed by atoms with van der Waals surface area (Å²) in [4.78, 5) is 23.2. The van der Waals surface area contributed by atoms with Gasteiger partial charge in [-0.05, 0) is 44.5 Å². The van der Waals surface area contributed by atoms with E-state index in [1.807, 2.05) is 0 Å². The van der Waals surface area contributed by atoms with Crippen LogP contribution in [-0.4, -0.2) is 44.5 Å². The van der Waals surface area contributed by atoms with Crippen LogP contribution in [0.4, 0.5) is 0 Å². The summed E-state index contributed by atoms with van der Waals surface area (Å²) in [7, 11) is 1.54. The van der Waals surface area contributed by atoms with E-state index in [1.165, 1.54) is 14.0 Å². The highest BCUT2D eigenvalue weighted by atomic mass is 16.5. The van der Waals surface area contributed by atoms with E-state index in [1.54, 1.807) is 18.2 Å². The lowest BCUT2D eigenvalue weighted by Gasteiger charge is -2.13. The number of hydrogen-bond donors (Lipinski definition) is 2. The molecule has 1 aliphatic heterocycles. The SMILES string of the molecule is COc1cc(C(C)=O)ccc1OCCCC(=O)NC1CCNC1. The zero-order valence-corrected chi connectivity index (χ0v) is 13.7. The maximum atomic E-state index is 11.8. The van der Waals surface area contributed by atoms with Crippen LogP contribution in [0.5, 0.6) is 11.5 Å². The van der Waals surface area contributed by atoms with Crippen molar-refractivity contribution in [3.63, 3.8) is 0 Å². The fraction of sp³-hybridized carbons (Fsp3) is 0.529. The second-order valence-corrected chi connectivity index (χ2v) is 5.63. The molecule has 0 aliphatic carbocycles. The number of hydrogen-bond acceptors (Lipinski definition) is 5. The molecule has 2 rings (SSSR count). The summed E-state index contributed by atoms with van der Waals surface area (Å²) >= 11 is 0. The normalized spacial score (nSPS) is 16.9. The number of ether oxygens (including phenoxy) is 2. The van der Waals surface area contributed by atoms with Crippen molar-refractivity contribution in [2.75, 3.05) is 26.8 Å². The first kappa shape index (κ1) is 17.3. The summed E-state index contributed by atoms with van der Waals surface area (Å²) in [5.41, 5.74) is 0.582. The zero-order valence-electron chi connectivity index (χ0n) is 13.7. The van der Waals surface area contributed by atoms with Crippen LogP contribution in [0.3, 0.4) is 0 Å². The highest BCUT2D eigenvalue weighted by Crippen LogP contribution is 2.28. The molecule has 1 fully saturated rings. The molecule has 1 aliphatic rings. The second kappa shape index (κ2) is 8.53. The van der Waals surface area contributed by atoms with E-state index in [-0.39, 0.29) is 17.7 Å². The molecule has 1 heterocycles. The molecule has 1 amide bonds. The van der Waals surface area contributed by atoms with Gasteiger partial charge in [0.25, 0.3) is 0 Å². The number of rotatable bonds is 8. The van der Waals surface area contributed by atoms with Gasteiger partial charge in [0.2, 0.25) is 5.91 Å². The molecule has 0 aromatic heterocycles. The molecule has 0 spiro atoms. The number of nitrogens with one attached hydrogen (secondary N) is 2. The van der Waals surface area contributed by atoms with Crippen LogP contribution in [0.1, 0.15) is 36.5 Å². The Labute approximate surface area is 136 Å². The van der Waals surface area contributed by atoms with Gasteiger partial charge < -0.3 is 20.1 Å². The minimum Gasteiger partial charge on any atom is -0.493 e. The predicted octanol–water partition coefficient (Wildman–Crippen LogP) is 1.53. The van der Waals surface area contributed by atoms with Crippen molar-refractivity contribution < 1.29 is 19.1 Å². The molecule has 0 bridgehead atoms. The molecule has 1 atom stereocenters. The molecule has 126 valence electrons. The van der Waals surface area contributed by atoms with Gasteiger partial charge in [-0.1, -0.05) is 0 Å². The maximum absolute atomic E-state index is 11.8. The molecule has 1 aromatic rings. The number of carbonyl (C=O) groups excluding carboxylic acids is 2. The summed E-state index contributed by atoms with van der Waals surface area (Å²) < 4.78 is 10.9. The lowest BCUT2D eigenvalue weighted by Crippen LogP contribution is -2.36. The summed E-state index contributed by atoms with van der Waals surface area (Å²) in [5.74, 6) is 1.14. The number of benzene rings is 1. The van der Waals surface area contributed by atoms with Gasteiger partial charge >= 0.3 is 0 Å². The topological polar surface area (TPSA) is 76.7 Å². The van der Waals surface area contributed by atoms with Crippen molar-refractivity contribution >= 4 is 11.7 Å². The fourth-order valence-electron chi connectivity index (χ4n) is 2.50. The Kier molecular flexibility index (Phi) is 6.40. The van der Waals surface area contributed by atoms with Gasteiger partial charge in [-0.15, -0.1) is 0 Å². The number of ketones is 1. The van der Waals surface area contributed by atoms with Gasteiger partial charge in [-0.2, -0.15) is 0 Å². The second-order valence-electron chi connectivity index (χ2n) is 5.63. The van der Waals surface area contributed by atoms with E-state index in [0.717, 1.165) is 19.5 Å². The van der Waals surface area contributed by atoms with E-state index in [4.69, 9.17) is 9.47 Å². The van der Waals surface area contributed by atoms with Crippen molar-refractivity contribution in [1.29, 1.82) is 0 Å². The van der Waals surface area contributed by atoms with Crippen LogP contribution in [0.25, 0.3) is 0 Å². The summed E-state index contributed by atoms with van der Waals surface area (Å²) in [6.45, 7) is 3.74.